The average Bonchev–Trinajstić information content (AvgIpc) is 4.28. The number of aromatic nitrogens is 2. The van der Waals surface area contributed by atoms with Crippen molar-refractivity contribution in [2.45, 2.75) is 139 Å². The fourth-order valence-corrected chi connectivity index (χ4v) is 10.8. The lowest BCUT2D eigenvalue weighted by molar-refractivity contribution is -0.0657. The fourth-order valence-electron chi connectivity index (χ4n) is 9.67. The zero-order valence-electron chi connectivity index (χ0n) is 37.6. The molecule has 4 aromatic carbocycles. The molecule has 0 bridgehead atoms. The Hall–Kier alpha value is -4.39. The molecule has 0 unspecified atom stereocenters. The Morgan fingerprint density at radius 1 is 0.609 bits per heavy atom. The van der Waals surface area contributed by atoms with Crippen LogP contribution in [0.1, 0.15) is 134 Å². The summed E-state index contributed by atoms with van der Waals surface area (Å²) >= 11 is 25.7. The first-order chi connectivity index (χ1) is 33.3. The summed E-state index contributed by atoms with van der Waals surface area (Å²) in [6.07, 6.45) is 7.93. The summed E-state index contributed by atoms with van der Waals surface area (Å²) < 4.78 is 53.2. The van der Waals surface area contributed by atoms with Crippen molar-refractivity contribution in [3.05, 3.63) is 161 Å². The molecule has 69 heavy (non-hydrogen) atoms. The van der Waals surface area contributed by atoms with Crippen LogP contribution in [0.25, 0.3) is 27.4 Å². The average molecular weight is 1020 g/mol. The molecule has 3 N–H and O–H groups in total. The Kier molecular flexibility index (Phi) is 15.2. The first-order valence-electron chi connectivity index (χ1n) is 23.3. The molecule has 2 aromatic heterocycles. The Labute approximate surface area is 419 Å². The van der Waals surface area contributed by atoms with E-state index in [1.165, 1.54) is 12.1 Å². The van der Waals surface area contributed by atoms with Crippen LogP contribution in [0.15, 0.2) is 81.8 Å². The van der Waals surface area contributed by atoms with E-state index in [0.29, 0.717) is 130 Å². The molecule has 0 aliphatic heterocycles. The highest BCUT2D eigenvalue weighted by Gasteiger charge is 2.40. The lowest BCUT2D eigenvalue weighted by atomic mass is 9.78. The van der Waals surface area contributed by atoms with Gasteiger partial charge in [0.2, 0.25) is 6.54 Å². The van der Waals surface area contributed by atoms with Crippen molar-refractivity contribution >= 4 is 46.4 Å². The van der Waals surface area contributed by atoms with E-state index in [9.17, 15) is 24.1 Å². The SMILES string of the molecule is OCc1ccc(C2(O)CCC(OCc3c(-c4c(Cl)cccc4Cl)noc3C3CC3)CC2)c(F)c1.[C-]#[N+]Cc1ccc(C2(O)CCC(OCc3c(-c4c(Cl)cccc4Cl)noc3C3CC3)CC2)c(F)c1. The predicted molar refractivity (Wildman–Crippen MR) is 259 cm³/mol. The Morgan fingerprint density at radius 2 is 1.00 bits per heavy atom. The monoisotopic (exact) mass is 1020 g/mol. The molecule has 4 saturated carbocycles. The molecule has 4 fully saturated rings. The van der Waals surface area contributed by atoms with Gasteiger partial charge >= 0.3 is 0 Å². The van der Waals surface area contributed by atoms with E-state index in [4.69, 9.17) is 71.5 Å². The van der Waals surface area contributed by atoms with Crippen molar-refractivity contribution in [1.29, 1.82) is 0 Å². The molecule has 10 nitrogen and oxygen atoms in total. The van der Waals surface area contributed by atoms with E-state index in [-0.39, 0.29) is 36.5 Å². The number of benzene rings is 4. The van der Waals surface area contributed by atoms with Crippen LogP contribution < -0.4 is 0 Å². The quantitative estimate of drug-likeness (QED) is 0.0911. The molecule has 0 saturated heterocycles. The number of aliphatic hydroxyl groups is 3. The number of nitrogens with zero attached hydrogens (tertiary/aromatic N) is 3. The van der Waals surface area contributed by atoms with E-state index in [1.54, 1.807) is 60.7 Å². The first kappa shape index (κ1) is 49.6. The molecular weight excluding hydrogens is 970 g/mol. The molecule has 362 valence electrons. The van der Waals surface area contributed by atoms with Gasteiger partial charge in [0.05, 0.1) is 63.3 Å². The van der Waals surface area contributed by atoms with Crippen molar-refractivity contribution in [2.24, 2.45) is 0 Å². The second kappa shape index (κ2) is 21.1. The van der Waals surface area contributed by atoms with Crippen LogP contribution in [0, 0.1) is 18.2 Å². The summed E-state index contributed by atoms with van der Waals surface area (Å²) in [6, 6.07) is 19.8. The predicted octanol–water partition coefficient (Wildman–Crippen LogP) is 13.9. The van der Waals surface area contributed by atoms with Crippen molar-refractivity contribution < 1.29 is 42.6 Å². The van der Waals surface area contributed by atoms with Gasteiger partial charge in [-0.15, -0.1) is 0 Å². The van der Waals surface area contributed by atoms with Crippen molar-refractivity contribution in [1.82, 2.24) is 10.3 Å². The molecule has 0 amide bonds. The zero-order valence-corrected chi connectivity index (χ0v) is 40.7. The van der Waals surface area contributed by atoms with Gasteiger partial charge in [-0.3, -0.25) is 0 Å². The third-order valence-electron chi connectivity index (χ3n) is 13.9. The Balaban J connectivity index is 0.000000172. The third-order valence-corrected chi connectivity index (χ3v) is 15.2. The van der Waals surface area contributed by atoms with Gasteiger partial charge < -0.3 is 38.7 Å². The van der Waals surface area contributed by atoms with Crippen LogP contribution in [0.4, 0.5) is 8.78 Å². The van der Waals surface area contributed by atoms with E-state index in [2.05, 4.69) is 15.2 Å². The standard InChI is InChI=1S/C27H25Cl2FN2O3.C26H26Cl2FNO4/c1-31-14-16-5-8-20(23(30)13-16)27(33)11-9-18(10-12-27)34-15-19-25(32-35-26(19)17-6-7-17)24-21(28)3-2-4-22(24)29;27-20-2-1-3-21(28)23(20)24-18(25(34-30-24)16-5-6-16)14-33-17-8-10-26(32,11-9-17)19-7-4-15(13-31)12-22(19)29/h2-5,8,13,17-18,33H,6-7,9-12,14-15H2;1-4,7,12,16-17,31-32H,5-6,8-11,13-14H2. The maximum Gasteiger partial charge on any atom is 0.239 e. The highest BCUT2D eigenvalue weighted by atomic mass is 35.5. The molecule has 16 heteroatoms. The lowest BCUT2D eigenvalue weighted by Gasteiger charge is -2.36. The van der Waals surface area contributed by atoms with E-state index >= 15 is 0 Å². The van der Waals surface area contributed by atoms with Crippen LogP contribution in [-0.2, 0) is 47.0 Å². The van der Waals surface area contributed by atoms with Gasteiger partial charge in [-0.1, -0.05) is 93.1 Å². The second-order valence-corrected chi connectivity index (χ2v) is 20.3. The summed E-state index contributed by atoms with van der Waals surface area (Å²) in [5.74, 6) is 1.36. The number of hydrogen-bond acceptors (Lipinski definition) is 9. The topological polar surface area (TPSA) is 136 Å². The largest absolute Gasteiger partial charge is 0.392 e. The van der Waals surface area contributed by atoms with Crippen LogP contribution in [0.5, 0.6) is 0 Å². The summed E-state index contributed by atoms with van der Waals surface area (Å²) in [6.45, 7) is 7.44. The minimum Gasteiger partial charge on any atom is -0.392 e. The number of halogens is 6. The van der Waals surface area contributed by atoms with Crippen LogP contribution in [0.3, 0.4) is 0 Å². The highest BCUT2D eigenvalue weighted by molar-refractivity contribution is 6.39. The second-order valence-electron chi connectivity index (χ2n) is 18.7. The number of ether oxygens (including phenoxy) is 2. The van der Waals surface area contributed by atoms with E-state index in [0.717, 1.165) is 48.3 Å². The molecule has 0 atom stereocenters. The molecule has 10 rings (SSSR count). The number of rotatable bonds is 14. The maximum absolute atomic E-state index is 14.7. The van der Waals surface area contributed by atoms with Gasteiger partial charge in [-0.25, -0.2) is 15.4 Å². The van der Waals surface area contributed by atoms with Crippen LogP contribution in [0.2, 0.25) is 20.1 Å². The summed E-state index contributed by atoms with van der Waals surface area (Å²) in [4.78, 5) is 3.29. The minimum atomic E-state index is -1.25. The lowest BCUT2D eigenvalue weighted by Crippen LogP contribution is -2.35. The summed E-state index contributed by atoms with van der Waals surface area (Å²) in [7, 11) is 0. The fraction of sp³-hybridized carbons (Fsp3) is 0.415. The molecular formula is C53H51Cl4F2N3O7. The zero-order chi connectivity index (χ0) is 48.5. The summed E-state index contributed by atoms with van der Waals surface area (Å²) in [5.41, 5.74) is 3.39. The third kappa shape index (κ3) is 10.9. The van der Waals surface area contributed by atoms with Crippen molar-refractivity contribution in [3.8, 4) is 22.5 Å². The van der Waals surface area contributed by atoms with Crippen LogP contribution in [-0.4, -0.2) is 37.8 Å². The molecule has 0 spiro atoms. The minimum absolute atomic E-state index is 0.0865. The molecule has 6 aromatic rings. The molecule has 0 radical (unpaired) electrons. The highest BCUT2D eigenvalue weighted by Crippen LogP contribution is 2.49. The summed E-state index contributed by atoms with van der Waals surface area (Å²) in [5, 5.41) is 42.1. The van der Waals surface area contributed by atoms with Gasteiger partial charge in [-0.2, -0.15) is 0 Å². The molecule has 4 aliphatic carbocycles. The first-order valence-corrected chi connectivity index (χ1v) is 24.9. The normalized spacial score (nSPS) is 22.5. The van der Waals surface area contributed by atoms with Crippen molar-refractivity contribution in [2.75, 3.05) is 0 Å². The van der Waals surface area contributed by atoms with Gasteiger partial charge in [0.15, 0.2) is 0 Å². The Bertz CT molecular complexity index is 2800. The molecule has 2 heterocycles. The van der Waals surface area contributed by atoms with E-state index in [1.807, 2.05) is 0 Å². The number of aliphatic hydroxyl groups excluding tert-OH is 1. The number of hydrogen-bond donors (Lipinski definition) is 3. The maximum atomic E-state index is 14.7. The molecule has 4 aliphatic rings. The van der Waals surface area contributed by atoms with Gasteiger partial charge in [-0.05, 0) is 119 Å². The van der Waals surface area contributed by atoms with E-state index < -0.39 is 22.8 Å². The Morgan fingerprint density at radius 3 is 1.36 bits per heavy atom. The van der Waals surface area contributed by atoms with Crippen molar-refractivity contribution in [3.63, 3.8) is 0 Å². The smallest absolute Gasteiger partial charge is 0.239 e. The van der Waals surface area contributed by atoms with Gasteiger partial charge in [0.1, 0.15) is 34.5 Å². The van der Waals surface area contributed by atoms with Crippen LogP contribution >= 0.6 is 46.4 Å². The van der Waals surface area contributed by atoms with Gasteiger partial charge in [0, 0.05) is 50.8 Å². The van der Waals surface area contributed by atoms with Gasteiger partial charge in [0.25, 0.3) is 0 Å².